The molecule has 2 heterocycles. The minimum atomic E-state index is -0.329. The van der Waals surface area contributed by atoms with Crippen LogP contribution < -0.4 is 5.32 Å². The molecule has 28 heavy (non-hydrogen) atoms. The van der Waals surface area contributed by atoms with E-state index in [1.807, 2.05) is 13.8 Å². The number of benzene rings is 1. The summed E-state index contributed by atoms with van der Waals surface area (Å²) in [7, 11) is 0. The molecule has 0 saturated carbocycles. The predicted octanol–water partition coefficient (Wildman–Crippen LogP) is 2.43. The molecular formula is C20H24FN5O2. The van der Waals surface area contributed by atoms with Crippen LogP contribution in [-0.2, 0) is 4.79 Å². The summed E-state index contributed by atoms with van der Waals surface area (Å²) in [4.78, 5) is 26.1. The number of hydrogen-bond acceptors (Lipinski definition) is 4. The minimum Gasteiger partial charge on any atom is -0.348 e. The van der Waals surface area contributed by atoms with Crippen molar-refractivity contribution in [1.29, 1.82) is 0 Å². The van der Waals surface area contributed by atoms with E-state index in [4.69, 9.17) is 0 Å². The quantitative estimate of drug-likeness (QED) is 0.802. The van der Waals surface area contributed by atoms with Gasteiger partial charge in [0.1, 0.15) is 5.82 Å². The molecule has 1 aromatic carbocycles. The molecule has 1 aromatic heterocycles. The first-order valence-corrected chi connectivity index (χ1v) is 9.37. The van der Waals surface area contributed by atoms with Crippen LogP contribution in [0.3, 0.4) is 0 Å². The van der Waals surface area contributed by atoms with E-state index in [0.717, 1.165) is 12.8 Å². The molecule has 1 N–H and O–H groups in total. The maximum atomic E-state index is 13.2. The molecule has 0 unspecified atom stereocenters. The van der Waals surface area contributed by atoms with Crippen LogP contribution in [-0.4, -0.2) is 50.8 Å². The number of rotatable bonds is 5. The highest BCUT2D eigenvalue weighted by atomic mass is 19.1. The van der Waals surface area contributed by atoms with Gasteiger partial charge in [0.25, 0.3) is 5.91 Å². The first-order valence-electron chi connectivity index (χ1n) is 9.37. The Morgan fingerprint density at radius 1 is 1.29 bits per heavy atom. The number of nitrogens with one attached hydrogen (secondary N) is 1. The summed E-state index contributed by atoms with van der Waals surface area (Å²) in [5.74, 6) is -0.667. The first kappa shape index (κ1) is 19.7. The SMILES string of the molecule is CC(C)NC(=O)c1cn(C2CCN(C(=O)/C=C\c3cccc(F)c3)CC2)nn1. The van der Waals surface area contributed by atoms with Crippen molar-refractivity contribution in [3.05, 3.63) is 53.6 Å². The van der Waals surface area contributed by atoms with Crippen LogP contribution in [0.5, 0.6) is 0 Å². The molecule has 0 atom stereocenters. The Morgan fingerprint density at radius 2 is 2.04 bits per heavy atom. The van der Waals surface area contributed by atoms with Crippen molar-refractivity contribution in [2.75, 3.05) is 13.1 Å². The molecule has 0 aliphatic carbocycles. The average molecular weight is 385 g/mol. The number of carbonyl (C=O) groups excluding carboxylic acids is 2. The summed E-state index contributed by atoms with van der Waals surface area (Å²) in [5, 5.41) is 10.8. The van der Waals surface area contributed by atoms with Gasteiger partial charge in [0.15, 0.2) is 5.69 Å². The fourth-order valence-corrected chi connectivity index (χ4v) is 3.13. The lowest BCUT2D eigenvalue weighted by molar-refractivity contribution is -0.127. The number of aromatic nitrogens is 3. The van der Waals surface area contributed by atoms with Gasteiger partial charge in [-0.25, -0.2) is 9.07 Å². The van der Waals surface area contributed by atoms with Crippen LogP contribution in [0.15, 0.2) is 36.5 Å². The second-order valence-corrected chi connectivity index (χ2v) is 7.16. The summed E-state index contributed by atoms with van der Waals surface area (Å²) >= 11 is 0. The van der Waals surface area contributed by atoms with Gasteiger partial charge in [-0.3, -0.25) is 9.59 Å². The monoisotopic (exact) mass is 385 g/mol. The van der Waals surface area contributed by atoms with Gasteiger partial charge in [-0.15, -0.1) is 5.10 Å². The summed E-state index contributed by atoms with van der Waals surface area (Å²) in [5.41, 5.74) is 0.947. The molecule has 148 valence electrons. The topological polar surface area (TPSA) is 80.1 Å². The molecule has 7 nitrogen and oxygen atoms in total. The third-order valence-electron chi connectivity index (χ3n) is 4.58. The molecule has 0 spiro atoms. The van der Waals surface area contributed by atoms with Crippen molar-refractivity contribution in [3.8, 4) is 0 Å². The molecule has 0 bridgehead atoms. The largest absolute Gasteiger partial charge is 0.348 e. The van der Waals surface area contributed by atoms with Crippen molar-refractivity contribution in [2.24, 2.45) is 0 Å². The highest BCUT2D eigenvalue weighted by molar-refractivity contribution is 5.92. The van der Waals surface area contributed by atoms with Crippen LogP contribution in [0.1, 0.15) is 48.8 Å². The Hall–Kier alpha value is -3.03. The summed E-state index contributed by atoms with van der Waals surface area (Å²) in [6.45, 7) is 4.95. The molecule has 1 aliphatic rings. The van der Waals surface area contributed by atoms with E-state index in [2.05, 4.69) is 15.6 Å². The van der Waals surface area contributed by atoms with Crippen molar-refractivity contribution < 1.29 is 14.0 Å². The number of likely N-dealkylation sites (tertiary alicyclic amines) is 1. The summed E-state index contributed by atoms with van der Waals surface area (Å²) < 4.78 is 14.9. The lowest BCUT2D eigenvalue weighted by Crippen LogP contribution is -2.38. The highest BCUT2D eigenvalue weighted by Gasteiger charge is 2.24. The van der Waals surface area contributed by atoms with E-state index in [-0.39, 0.29) is 29.7 Å². The number of halogens is 1. The van der Waals surface area contributed by atoms with E-state index < -0.39 is 0 Å². The molecule has 2 aromatic rings. The number of piperidine rings is 1. The number of hydrogen-bond donors (Lipinski definition) is 1. The maximum absolute atomic E-state index is 13.2. The van der Waals surface area contributed by atoms with Gasteiger partial charge in [-0.2, -0.15) is 0 Å². The Bertz CT molecular complexity index is 869. The van der Waals surface area contributed by atoms with Gasteiger partial charge in [0, 0.05) is 25.2 Å². The molecular weight excluding hydrogens is 361 g/mol. The predicted molar refractivity (Wildman–Crippen MR) is 103 cm³/mol. The molecule has 0 radical (unpaired) electrons. The van der Waals surface area contributed by atoms with Crippen molar-refractivity contribution >= 4 is 17.9 Å². The van der Waals surface area contributed by atoms with Crippen LogP contribution in [0.2, 0.25) is 0 Å². The van der Waals surface area contributed by atoms with Gasteiger partial charge >= 0.3 is 0 Å². The fraction of sp³-hybridized carbons (Fsp3) is 0.400. The third-order valence-corrected chi connectivity index (χ3v) is 4.58. The Morgan fingerprint density at radius 3 is 2.71 bits per heavy atom. The Kier molecular flexibility index (Phi) is 6.18. The van der Waals surface area contributed by atoms with E-state index in [1.165, 1.54) is 18.2 Å². The third kappa shape index (κ3) is 5.03. The van der Waals surface area contributed by atoms with Crippen molar-refractivity contribution in [1.82, 2.24) is 25.2 Å². The second kappa shape index (κ2) is 8.77. The zero-order valence-electron chi connectivity index (χ0n) is 16.0. The van der Waals surface area contributed by atoms with Gasteiger partial charge in [-0.1, -0.05) is 17.3 Å². The standard InChI is InChI=1S/C20H24FN5O2/c1-14(2)22-20(28)18-13-26(24-23-18)17-8-10-25(11-9-17)19(27)7-6-15-4-3-5-16(21)12-15/h3-7,12-14,17H,8-11H2,1-2H3,(H,22,28)/b7-6-. The van der Waals surface area contributed by atoms with Gasteiger partial charge in [0.2, 0.25) is 5.91 Å². The summed E-state index contributed by atoms with van der Waals surface area (Å²) in [6.07, 6.45) is 6.21. The fourth-order valence-electron chi connectivity index (χ4n) is 3.13. The molecule has 8 heteroatoms. The molecule has 1 saturated heterocycles. The first-order chi connectivity index (χ1) is 13.4. The Labute approximate surface area is 163 Å². The van der Waals surface area contributed by atoms with E-state index in [1.54, 1.807) is 34.0 Å². The molecule has 1 aliphatic heterocycles. The van der Waals surface area contributed by atoms with Crippen LogP contribution >= 0.6 is 0 Å². The van der Waals surface area contributed by atoms with Gasteiger partial charge < -0.3 is 10.2 Å². The minimum absolute atomic E-state index is 0.0346. The molecule has 3 rings (SSSR count). The normalized spacial score (nSPS) is 15.4. The number of nitrogens with zero attached hydrogens (tertiary/aromatic N) is 4. The lowest BCUT2D eigenvalue weighted by Gasteiger charge is -2.31. The van der Waals surface area contributed by atoms with Gasteiger partial charge in [0.05, 0.1) is 12.2 Å². The van der Waals surface area contributed by atoms with E-state index in [0.29, 0.717) is 24.3 Å². The van der Waals surface area contributed by atoms with Crippen LogP contribution in [0, 0.1) is 5.82 Å². The van der Waals surface area contributed by atoms with E-state index >= 15 is 0 Å². The lowest BCUT2D eigenvalue weighted by atomic mass is 10.1. The number of amides is 2. The highest BCUT2D eigenvalue weighted by Crippen LogP contribution is 2.22. The van der Waals surface area contributed by atoms with Crippen molar-refractivity contribution in [2.45, 2.75) is 38.8 Å². The Balaban J connectivity index is 1.53. The van der Waals surface area contributed by atoms with Crippen LogP contribution in [0.4, 0.5) is 4.39 Å². The van der Waals surface area contributed by atoms with Gasteiger partial charge in [-0.05, 0) is 50.5 Å². The summed E-state index contributed by atoms with van der Waals surface area (Å²) in [6, 6.07) is 6.24. The smallest absolute Gasteiger partial charge is 0.273 e. The average Bonchev–Trinajstić information content (AvgIpc) is 3.16. The molecule has 1 fully saturated rings. The van der Waals surface area contributed by atoms with Crippen LogP contribution in [0.25, 0.3) is 6.08 Å². The zero-order valence-corrected chi connectivity index (χ0v) is 16.0. The second-order valence-electron chi connectivity index (χ2n) is 7.16. The van der Waals surface area contributed by atoms with Crippen molar-refractivity contribution in [3.63, 3.8) is 0 Å². The number of carbonyl (C=O) groups is 2. The molecule has 2 amide bonds. The zero-order chi connectivity index (χ0) is 20.1. The maximum Gasteiger partial charge on any atom is 0.273 e. The van der Waals surface area contributed by atoms with E-state index in [9.17, 15) is 14.0 Å².